The Bertz CT molecular complexity index is 1780. The number of pyridine rings is 1. The van der Waals surface area contributed by atoms with E-state index < -0.39 is 4.92 Å². The molecule has 0 aliphatic heterocycles. The summed E-state index contributed by atoms with van der Waals surface area (Å²) >= 11 is 51.8. The second kappa shape index (κ2) is 15.6. The van der Waals surface area contributed by atoms with Crippen LogP contribution in [0.1, 0.15) is 7.43 Å². The number of nitro benzene ring substituents is 1. The maximum atomic E-state index is 10.4. The molecule has 0 saturated carbocycles. The van der Waals surface area contributed by atoms with Crippen LogP contribution in [0.15, 0.2) is 42.7 Å². The molecule has 0 atom stereocenters. The van der Waals surface area contributed by atoms with Gasteiger partial charge in [-0.1, -0.05) is 112 Å². The topological polar surface area (TPSA) is 163 Å². The quantitative estimate of drug-likeness (QED) is 0.0601. The van der Waals surface area contributed by atoms with E-state index >= 15 is 0 Å². The molecule has 5 rings (SSSR count). The zero-order valence-electron chi connectivity index (χ0n) is 20.3. The van der Waals surface area contributed by atoms with E-state index in [9.17, 15) is 10.1 Å². The molecule has 5 aromatic rings. The molecule has 18 heteroatoms. The molecule has 0 bridgehead atoms. The molecule has 2 heterocycles. The highest BCUT2D eigenvalue weighted by Crippen LogP contribution is 2.41. The second-order valence-electron chi connectivity index (χ2n) is 7.87. The van der Waals surface area contributed by atoms with Gasteiger partial charge in [0.05, 0.1) is 67.0 Å². The number of halogens is 9. The largest absolute Gasteiger partial charge is 0.397 e. The van der Waals surface area contributed by atoms with E-state index in [1.807, 2.05) is 12.1 Å². The number of nitro groups is 1. The van der Waals surface area contributed by atoms with Gasteiger partial charge in [0.15, 0.2) is 0 Å². The predicted molar refractivity (Wildman–Crippen MR) is 184 cm³/mol. The van der Waals surface area contributed by atoms with Crippen molar-refractivity contribution in [3.8, 4) is 11.4 Å². The van der Waals surface area contributed by atoms with E-state index in [4.69, 9.17) is 122 Å². The number of imidazole rings is 1. The molecule has 43 heavy (non-hydrogen) atoms. The first kappa shape index (κ1) is 36.9. The lowest BCUT2D eigenvalue weighted by atomic mass is 10.3. The number of anilines is 3. The van der Waals surface area contributed by atoms with Gasteiger partial charge < -0.3 is 22.2 Å². The van der Waals surface area contributed by atoms with Crippen LogP contribution in [0.2, 0.25) is 45.2 Å². The summed E-state index contributed by atoms with van der Waals surface area (Å²) in [5.41, 5.74) is 18.6. The highest BCUT2D eigenvalue weighted by Gasteiger charge is 2.19. The van der Waals surface area contributed by atoms with Gasteiger partial charge in [0.25, 0.3) is 5.69 Å². The van der Waals surface area contributed by atoms with Crippen LogP contribution in [0.5, 0.6) is 0 Å². The number of nitrogen functional groups attached to an aromatic ring is 3. The number of hydrogen-bond acceptors (Lipinski definition) is 7. The molecule has 0 radical (unpaired) electrons. The number of hydrogen-bond donors (Lipinski definition) is 4. The van der Waals surface area contributed by atoms with Crippen molar-refractivity contribution in [2.45, 2.75) is 7.43 Å². The minimum absolute atomic E-state index is 0. The Balaban J connectivity index is 0.000000231. The average molecular weight is 768 g/mol. The van der Waals surface area contributed by atoms with Gasteiger partial charge in [-0.15, -0.1) is 0 Å². The molecule has 0 aliphatic carbocycles. The Morgan fingerprint density at radius 1 is 0.698 bits per heavy atom. The summed E-state index contributed by atoms with van der Waals surface area (Å²) in [6.07, 6.45) is 3.40. The third-order valence-electron chi connectivity index (χ3n) is 5.17. The standard InChI is InChI=1S/C12H6Cl3N3.C6H3Cl3N2O2.C6H5Cl3N2.CH4/c13-7-5-8-11(10(15)9(7)14)18-12(17-8)6-1-3-16-4-2-6;7-2-1-3(11(12)13)6(10)5(9)4(2)8;7-2-1-3(10)6(11)5(9)4(2)8;/h1-5H,(H,17,18);1H,10H2;1H,10-11H2;1H4. The molecule has 7 N–H and O–H groups in total. The molecule has 0 saturated heterocycles. The number of fused-ring (bicyclic) bond motifs is 1. The molecule has 0 amide bonds. The normalized spacial score (nSPS) is 10.3. The van der Waals surface area contributed by atoms with Crippen LogP contribution in [0, 0.1) is 10.1 Å². The van der Waals surface area contributed by atoms with Crippen LogP contribution in [0.4, 0.5) is 22.7 Å². The zero-order valence-corrected chi connectivity index (χ0v) is 27.1. The lowest BCUT2D eigenvalue weighted by Gasteiger charge is -2.05. The Morgan fingerprint density at radius 2 is 1.19 bits per heavy atom. The number of aromatic nitrogens is 3. The molecule has 9 nitrogen and oxygen atoms in total. The van der Waals surface area contributed by atoms with Gasteiger partial charge in [-0.2, -0.15) is 0 Å². The molecular weight excluding hydrogens is 749 g/mol. The first-order valence-electron chi connectivity index (χ1n) is 10.8. The van der Waals surface area contributed by atoms with Gasteiger partial charge in [0.2, 0.25) is 0 Å². The zero-order chi connectivity index (χ0) is 31.5. The van der Waals surface area contributed by atoms with E-state index in [0.29, 0.717) is 37.1 Å². The summed E-state index contributed by atoms with van der Waals surface area (Å²) < 4.78 is 0. The van der Waals surface area contributed by atoms with Gasteiger partial charge >= 0.3 is 0 Å². The first-order chi connectivity index (χ1) is 19.6. The van der Waals surface area contributed by atoms with Gasteiger partial charge in [-0.05, 0) is 24.3 Å². The van der Waals surface area contributed by atoms with Gasteiger partial charge in [-0.3, -0.25) is 15.1 Å². The summed E-state index contributed by atoms with van der Waals surface area (Å²) in [6.45, 7) is 0. The van der Waals surface area contributed by atoms with E-state index in [-0.39, 0.29) is 49.6 Å². The third kappa shape index (κ3) is 8.45. The van der Waals surface area contributed by atoms with Crippen molar-refractivity contribution >= 4 is 138 Å². The number of nitrogens with two attached hydrogens (primary N) is 3. The summed E-state index contributed by atoms with van der Waals surface area (Å²) in [6, 6.07) is 7.95. The van der Waals surface area contributed by atoms with Crippen molar-refractivity contribution in [1.82, 2.24) is 15.0 Å². The highest BCUT2D eigenvalue weighted by atomic mass is 35.5. The van der Waals surface area contributed by atoms with Gasteiger partial charge in [0, 0.05) is 24.0 Å². The van der Waals surface area contributed by atoms with Crippen molar-refractivity contribution in [1.29, 1.82) is 0 Å². The van der Waals surface area contributed by atoms with Crippen molar-refractivity contribution in [2.75, 3.05) is 17.2 Å². The van der Waals surface area contributed by atoms with Crippen LogP contribution >= 0.6 is 104 Å². The number of aromatic amines is 1. The number of nitrogens with one attached hydrogen (secondary N) is 1. The molecule has 228 valence electrons. The van der Waals surface area contributed by atoms with Crippen LogP contribution in [-0.4, -0.2) is 19.9 Å². The summed E-state index contributed by atoms with van der Waals surface area (Å²) in [4.78, 5) is 21.3. The van der Waals surface area contributed by atoms with Gasteiger partial charge in [-0.25, -0.2) is 4.98 Å². The molecular formula is C25H18Cl9N7O2. The molecule has 3 aromatic carbocycles. The van der Waals surface area contributed by atoms with Crippen LogP contribution in [0.25, 0.3) is 22.4 Å². The number of benzene rings is 3. The fraction of sp³-hybridized carbons (Fsp3) is 0.0400. The van der Waals surface area contributed by atoms with Crippen molar-refractivity contribution < 1.29 is 4.92 Å². The van der Waals surface area contributed by atoms with Crippen molar-refractivity contribution in [3.05, 3.63) is 98.0 Å². The molecule has 2 aromatic heterocycles. The smallest absolute Gasteiger partial charge is 0.295 e. The highest BCUT2D eigenvalue weighted by molar-refractivity contribution is 6.51. The fourth-order valence-corrected chi connectivity index (χ4v) is 4.95. The van der Waals surface area contributed by atoms with Crippen molar-refractivity contribution in [3.63, 3.8) is 0 Å². The maximum Gasteiger partial charge on any atom is 0.295 e. The number of H-pyrrole nitrogens is 1. The Morgan fingerprint density at radius 3 is 1.74 bits per heavy atom. The Hall–Kier alpha value is -2.31. The third-order valence-corrected chi connectivity index (χ3v) is 8.98. The molecule has 0 unspecified atom stereocenters. The summed E-state index contributed by atoms with van der Waals surface area (Å²) in [5, 5.41) is 12.2. The fourth-order valence-electron chi connectivity index (χ4n) is 3.08. The van der Waals surface area contributed by atoms with E-state index in [2.05, 4.69) is 15.0 Å². The van der Waals surface area contributed by atoms with E-state index in [1.54, 1.807) is 18.5 Å². The van der Waals surface area contributed by atoms with Crippen LogP contribution in [-0.2, 0) is 0 Å². The molecule has 0 fully saturated rings. The molecule has 0 spiro atoms. The van der Waals surface area contributed by atoms with Gasteiger partial charge in [0.1, 0.15) is 17.0 Å². The Kier molecular flexibility index (Phi) is 13.4. The minimum atomic E-state index is -0.677. The van der Waals surface area contributed by atoms with Crippen LogP contribution < -0.4 is 17.2 Å². The lowest BCUT2D eigenvalue weighted by molar-refractivity contribution is -0.383. The minimum Gasteiger partial charge on any atom is -0.397 e. The second-order valence-corrected chi connectivity index (χ2v) is 11.4. The monoisotopic (exact) mass is 763 g/mol. The van der Waals surface area contributed by atoms with E-state index in [1.165, 1.54) is 6.07 Å². The Labute approximate surface area is 290 Å². The maximum absolute atomic E-state index is 10.4. The summed E-state index contributed by atoms with van der Waals surface area (Å²) in [7, 11) is 0. The predicted octanol–water partition coefficient (Wildman–Crippen LogP) is 11.2. The first-order valence-corrected chi connectivity index (χ1v) is 14.2. The average Bonchev–Trinajstić information content (AvgIpc) is 3.40. The number of nitrogens with zero attached hydrogens (tertiary/aromatic N) is 3. The van der Waals surface area contributed by atoms with Crippen molar-refractivity contribution in [2.24, 2.45) is 0 Å². The summed E-state index contributed by atoms with van der Waals surface area (Å²) in [5.74, 6) is 0.702. The molecule has 0 aliphatic rings. The van der Waals surface area contributed by atoms with Crippen LogP contribution in [0.3, 0.4) is 0 Å². The SMILES string of the molecule is C.Clc1cc2[nH]c(-c3ccncc3)nc2c(Cl)c1Cl.Nc1c([N+](=O)[O-])cc(Cl)c(Cl)c1Cl.Nc1cc(Cl)c(Cl)c(Cl)c1N. The lowest BCUT2D eigenvalue weighted by Crippen LogP contribution is -1.96. The number of rotatable bonds is 2. The van der Waals surface area contributed by atoms with E-state index in [0.717, 1.165) is 17.1 Å².